The highest BCUT2D eigenvalue weighted by molar-refractivity contribution is 7.92. The summed E-state index contributed by atoms with van der Waals surface area (Å²) in [6, 6.07) is 1.89. The lowest BCUT2D eigenvalue weighted by molar-refractivity contribution is -0.123. The van der Waals surface area contributed by atoms with Gasteiger partial charge in [0, 0.05) is 6.54 Å². The van der Waals surface area contributed by atoms with Crippen molar-refractivity contribution in [2.75, 3.05) is 12.3 Å². The molecule has 0 aromatic rings. The first-order chi connectivity index (χ1) is 7.51. The van der Waals surface area contributed by atoms with E-state index in [2.05, 4.69) is 5.32 Å². The third-order valence-corrected chi connectivity index (χ3v) is 5.12. The van der Waals surface area contributed by atoms with Crippen molar-refractivity contribution in [1.82, 2.24) is 5.32 Å². The minimum absolute atomic E-state index is 0.138. The van der Waals surface area contributed by atoms with Gasteiger partial charge in [-0.3, -0.25) is 4.79 Å². The lowest BCUT2D eigenvalue weighted by Crippen LogP contribution is -2.37. The van der Waals surface area contributed by atoms with E-state index in [1.54, 1.807) is 6.92 Å². The van der Waals surface area contributed by atoms with E-state index < -0.39 is 21.0 Å². The van der Waals surface area contributed by atoms with Crippen molar-refractivity contribution in [3.8, 4) is 6.07 Å². The van der Waals surface area contributed by atoms with Crippen LogP contribution in [0.15, 0.2) is 0 Å². The summed E-state index contributed by atoms with van der Waals surface area (Å²) in [4.78, 5) is 11.4. The van der Waals surface area contributed by atoms with Crippen molar-refractivity contribution < 1.29 is 13.2 Å². The van der Waals surface area contributed by atoms with Gasteiger partial charge >= 0.3 is 0 Å². The van der Waals surface area contributed by atoms with Gasteiger partial charge in [-0.2, -0.15) is 5.26 Å². The van der Waals surface area contributed by atoms with Crippen LogP contribution in [0.5, 0.6) is 0 Å². The first-order valence-electron chi connectivity index (χ1n) is 5.40. The van der Waals surface area contributed by atoms with Gasteiger partial charge in [0.05, 0.1) is 17.1 Å². The Bertz CT molecular complexity index is 397. The Kier molecular flexibility index (Phi) is 4.30. The van der Waals surface area contributed by atoms with Crippen LogP contribution in [0.3, 0.4) is 0 Å². The molecule has 1 saturated heterocycles. The Labute approximate surface area is 95.7 Å². The van der Waals surface area contributed by atoms with Crippen molar-refractivity contribution in [1.29, 1.82) is 5.26 Å². The topological polar surface area (TPSA) is 87.0 Å². The SMILES string of the molecule is CCC(C#N)C(=O)NCC1CCCS1(=O)=O. The van der Waals surface area contributed by atoms with E-state index >= 15 is 0 Å². The zero-order valence-electron chi connectivity index (χ0n) is 9.27. The molecule has 1 rings (SSSR count). The highest BCUT2D eigenvalue weighted by atomic mass is 32.2. The number of carbonyl (C=O) groups excluding carboxylic acids is 1. The minimum atomic E-state index is -3.02. The van der Waals surface area contributed by atoms with Crippen LogP contribution >= 0.6 is 0 Å². The monoisotopic (exact) mass is 244 g/mol. The first-order valence-corrected chi connectivity index (χ1v) is 7.11. The molecule has 0 radical (unpaired) electrons. The average Bonchev–Trinajstić information content (AvgIpc) is 2.56. The molecule has 0 bridgehead atoms. The molecule has 1 aliphatic rings. The molecular formula is C10H16N2O3S. The molecule has 0 aliphatic carbocycles. The fourth-order valence-electron chi connectivity index (χ4n) is 1.76. The molecule has 0 spiro atoms. The maximum atomic E-state index is 11.5. The summed E-state index contributed by atoms with van der Waals surface area (Å²) in [7, 11) is -3.02. The highest BCUT2D eigenvalue weighted by Crippen LogP contribution is 2.19. The van der Waals surface area contributed by atoms with Crippen molar-refractivity contribution >= 4 is 15.7 Å². The molecule has 1 fully saturated rings. The van der Waals surface area contributed by atoms with Gasteiger partial charge in [0.1, 0.15) is 5.92 Å². The Morgan fingerprint density at radius 2 is 2.31 bits per heavy atom. The molecule has 2 unspecified atom stereocenters. The summed E-state index contributed by atoms with van der Waals surface area (Å²) in [6.07, 6.45) is 1.71. The molecule has 1 aliphatic heterocycles. The molecule has 5 nitrogen and oxygen atoms in total. The maximum Gasteiger partial charge on any atom is 0.237 e. The maximum absolute atomic E-state index is 11.5. The summed E-state index contributed by atoms with van der Waals surface area (Å²) in [6.45, 7) is 1.89. The molecule has 2 atom stereocenters. The number of carbonyl (C=O) groups is 1. The summed E-state index contributed by atoms with van der Waals surface area (Å²) in [5.74, 6) is -0.834. The van der Waals surface area contributed by atoms with Gasteiger partial charge in [-0.25, -0.2) is 8.42 Å². The van der Waals surface area contributed by atoms with Gasteiger partial charge in [-0.1, -0.05) is 6.92 Å². The van der Waals surface area contributed by atoms with Crippen LogP contribution in [0.2, 0.25) is 0 Å². The second-order valence-electron chi connectivity index (χ2n) is 3.97. The van der Waals surface area contributed by atoms with E-state index in [-0.39, 0.29) is 18.2 Å². The Morgan fingerprint density at radius 3 is 2.75 bits per heavy atom. The fraction of sp³-hybridized carbons (Fsp3) is 0.800. The Balaban J connectivity index is 2.47. The summed E-state index contributed by atoms with van der Waals surface area (Å²) in [5.41, 5.74) is 0. The summed E-state index contributed by atoms with van der Waals surface area (Å²) < 4.78 is 22.9. The zero-order chi connectivity index (χ0) is 12.2. The molecule has 0 aromatic heterocycles. The van der Waals surface area contributed by atoms with Crippen LogP contribution in [0.4, 0.5) is 0 Å². The summed E-state index contributed by atoms with van der Waals surface area (Å²) >= 11 is 0. The van der Waals surface area contributed by atoms with E-state index in [1.165, 1.54) is 0 Å². The number of nitrogens with zero attached hydrogens (tertiary/aromatic N) is 1. The van der Waals surface area contributed by atoms with E-state index in [1.807, 2.05) is 6.07 Å². The van der Waals surface area contributed by atoms with Crippen LogP contribution in [0.1, 0.15) is 26.2 Å². The number of hydrogen-bond donors (Lipinski definition) is 1. The predicted octanol–water partition coefficient (Wildman–Crippen LogP) is 0.230. The lowest BCUT2D eigenvalue weighted by atomic mass is 10.1. The Morgan fingerprint density at radius 1 is 1.62 bits per heavy atom. The van der Waals surface area contributed by atoms with Crippen molar-refractivity contribution in [2.24, 2.45) is 5.92 Å². The molecule has 1 N–H and O–H groups in total. The van der Waals surface area contributed by atoms with Crippen LogP contribution < -0.4 is 5.32 Å². The second-order valence-corrected chi connectivity index (χ2v) is 6.37. The summed E-state index contributed by atoms with van der Waals surface area (Å²) in [5, 5.41) is 10.7. The number of amides is 1. The quantitative estimate of drug-likeness (QED) is 0.767. The molecule has 1 heterocycles. The first kappa shape index (κ1) is 13.0. The normalized spacial score (nSPS) is 24.6. The zero-order valence-corrected chi connectivity index (χ0v) is 10.1. The van der Waals surface area contributed by atoms with Gasteiger partial charge in [-0.15, -0.1) is 0 Å². The largest absolute Gasteiger partial charge is 0.354 e. The van der Waals surface area contributed by atoms with Gasteiger partial charge in [0.25, 0.3) is 0 Å². The van der Waals surface area contributed by atoms with Crippen molar-refractivity contribution in [3.63, 3.8) is 0 Å². The molecule has 6 heteroatoms. The smallest absolute Gasteiger partial charge is 0.237 e. The van der Waals surface area contributed by atoms with Crippen LogP contribution in [0.25, 0.3) is 0 Å². The van der Waals surface area contributed by atoms with E-state index in [0.717, 1.165) is 0 Å². The lowest BCUT2D eigenvalue weighted by Gasteiger charge is -2.12. The predicted molar refractivity (Wildman–Crippen MR) is 59.2 cm³/mol. The number of hydrogen-bond acceptors (Lipinski definition) is 4. The van der Waals surface area contributed by atoms with Gasteiger partial charge in [0.2, 0.25) is 5.91 Å². The van der Waals surface area contributed by atoms with Crippen LogP contribution in [-0.4, -0.2) is 31.9 Å². The number of nitriles is 1. The Hall–Kier alpha value is -1.09. The third-order valence-electron chi connectivity index (χ3n) is 2.85. The van der Waals surface area contributed by atoms with Crippen LogP contribution in [0, 0.1) is 17.2 Å². The number of sulfone groups is 1. The molecule has 1 amide bonds. The molecule has 16 heavy (non-hydrogen) atoms. The van der Waals surface area contributed by atoms with Gasteiger partial charge < -0.3 is 5.32 Å². The van der Waals surface area contributed by atoms with Crippen molar-refractivity contribution in [3.05, 3.63) is 0 Å². The number of rotatable bonds is 4. The third kappa shape index (κ3) is 2.95. The van der Waals surface area contributed by atoms with Gasteiger partial charge in [0.15, 0.2) is 9.84 Å². The van der Waals surface area contributed by atoms with Gasteiger partial charge in [-0.05, 0) is 19.3 Å². The van der Waals surface area contributed by atoms with E-state index in [0.29, 0.717) is 19.3 Å². The van der Waals surface area contributed by atoms with Crippen molar-refractivity contribution in [2.45, 2.75) is 31.4 Å². The van der Waals surface area contributed by atoms with Crippen LogP contribution in [-0.2, 0) is 14.6 Å². The number of nitrogens with one attached hydrogen (secondary N) is 1. The molecule has 90 valence electrons. The van der Waals surface area contributed by atoms with E-state index in [4.69, 9.17) is 5.26 Å². The highest BCUT2D eigenvalue weighted by Gasteiger charge is 2.31. The molecule has 0 saturated carbocycles. The standard InChI is InChI=1S/C10H16N2O3S/c1-2-8(6-11)10(13)12-7-9-4-3-5-16(9,14)15/h8-9H,2-5,7H2,1H3,(H,12,13). The molecular weight excluding hydrogens is 228 g/mol. The molecule has 0 aromatic carbocycles. The fourth-order valence-corrected chi connectivity index (χ4v) is 3.53. The average molecular weight is 244 g/mol. The van der Waals surface area contributed by atoms with E-state index in [9.17, 15) is 13.2 Å². The second kappa shape index (κ2) is 5.30. The minimum Gasteiger partial charge on any atom is -0.354 e.